The molecule has 30 heavy (non-hydrogen) atoms. The number of methoxy groups -OCH3 is 1. The number of hydrogen-bond donors (Lipinski definition) is 1. The van der Waals surface area contributed by atoms with Crippen LogP contribution in [-0.2, 0) is 14.3 Å². The Labute approximate surface area is 177 Å². The molecule has 1 unspecified atom stereocenters. The summed E-state index contributed by atoms with van der Waals surface area (Å²) in [6, 6.07) is 15.7. The summed E-state index contributed by atoms with van der Waals surface area (Å²) in [6.07, 6.45) is 0.733. The Bertz CT molecular complexity index is 830. The third-order valence-corrected chi connectivity index (χ3v) is 4.49. The lowest BCUT2D eigenvalue weighted by Crippen LogP contribution is -2.31. The van der Waals surface area contributed by atoms with Crippen LogP contribution < -0.4 is 10.1 Å². The van der Waals surface area contributed by atoms with Gasteiger partial charge in [-0.1, -0.05) is 30.3 Å². The number of rotatable bonds is 11. The van der Waals surface area contributed by atoms with E-state index >= 15 is 0 Å². The second-order valence-electron chi connectivity index (χ2n) is 7.28. The van der Waals surface area contributed by atoms with Crippen LogP contribution >= 0.6 is 0 Å². The number of hydrogen-bond acceptors (Lipinski definition) is 5. The van der Waals surface area contributed by atoms with Crippen LogP contribution in [0.15, 0.2) is 54.6 Å². The first-order chi connectivity index (χ1) is 14.4. The van der Waals surface area contributed by atoms with Crippen LogP contribution in [0.1, 0.15) is 61.5 Å². The molecule has 6 heteroatoms. The summed E-state index contributed by atoms with van der Waals surface area (Å²) >= 11 is 0. The monoisotopic (exact) mass is 411 g/mol. The van der Waals surface area contributed by atoms with Gasteiger partial charge in [0.25, 0.3) is 0 Å². The Morgan fingerprint density at radius 2 is 1.60 bits per heavy atom. The minimum atomic E-state index is -0.470. The first kappa shape index (κ1) is 23.1. The molecule has 0 radical (unpaired) electrons. The van der Waals surface area contributed by atoms with E-state index in [1.54, 1.807) is 45.2 Å². The molecule has 6 nitrogen and oxygen atoms in total. The maximum absolute atomic E-state index is 12.4. The van der Waals surface area contributed by atoms with E-state index in [4.69, 9.17) is 9.47 Å². The molecule has 0 aliphatic carbocycles. The summed E-state index contributed by atoms with van der Waals surface area (Å²) in [7, 11) is 1.57. The molecule has 2 rings (SSSR count). The Morgan fingerprint density at radius 1 is 0.933 bits per heavy atom. The maximum atomic E-state index is 12.4. The van der Waals surface area contributed by atoms with Crippen molar-refractivity contribution in [1.82, 2.24) is 5.32 Å². The number of nitrogens with one attached hydrogen (secondary N) is 1. The van der Waals surface area contributed by atoms with E-state index in [0.29, 0.717) is 17.7 Å². The Balaban J connectivity index is 1.88. The standard InChI is InChI=1S/C24H29NO5/c1-17(2)30-24(28)16-21(18-8-5-4-6-9-18)25-23(27)11-7-10-22(26)19-12-14-20(29-3)15-13-19/h4-6,8-9,12-15,17,21H,7,10-11,16H2,1-3H3,(H,25,27). The van der Waals surface area contributed by atoms with Gasteiger partial charge in [-0.2, -0.15) is 0 Å². The fraction of sp³-hybridized carbons (Fsp3) is 0.375. The number of Topliss-reactive ketones (excluding diaryl/α,β-unsaturated/α-hetero) is 1. The Kier molecular flexibility index (Phi) is 9.06. The van der Waals surface area contributed by atoms with Crippen molar-refractivity contribution < 1.29 is 23.9 Å². The fourth-order valence-corrected chi connectivity index (χ4v) is 3.01. The Hall–Kier alpha value is -3.15. The van der Waals surface area contributed by atoms with Crippen LogP contribution in [0, 0.1) is 0 Å². The highest BCUT2D eigenvalue weighted by atomic mass is 16.5. The zero-order chi connectivity index (χ0) is 21.9. The van der Waals surface area contributed by atoms with Crippen molar-refractivity contribution in [2.75, 3.05) is 7.11 Å². The maximum Gasteiger partial charge on any atom is 0.308 e. The van der Waals surface area contributed by atoms with Gasteiger partial charge < -0.3 is 14.8 Å². The number of carbonyl (C=O) groups excluding carboxylic acids is 3. The molecule has 0 saturated carbocycles. The van der Waals surface area contributed by atoms with Gasteiger partial charge in [0, 0.05) is 18.4 Å². The summed E-state index contributed by atoms with van der Waals surface area (Å²) in [4.78, 5) is 36.8. The van der Waals surface area contributed by atoms with Gasteiger partial charge in [0.15, 0.2) is 5.78 Å². The quantitative estimate of drug-likeness (QED) is 0.442. The van der Waals surface area contributed by atoms with E-state index in [0.717, 1.165) is 5.56 Å². The molecule has 1 N–H and O–H groups in total. The van der Waals surface area contributed by atoms with Crippen molar-refractivity contribution in [1.29, 1.82) is 0 Å². The van der Waals surface area contributed by atoms with E-state index in [1.165, 1.54) is 0 Å². The summed E-state index contributed by atoms with van der Waals surface area (Å²) in [5, 5.41) is 2.90. The van der Waals surface area contributed by atoms with Gasteiger partial charge in [-0.25, -0.2) is 0 Å². The molecule has 160 valence electrons. The molecule has 2 aromatic rings. The molecular weight excluding hydrogens is 382 g/mol. The van der Waals surface area contributed by atoms with Crippen molar-refractivity contribution >= 4 is 17.7 Å². The molecule has 0 spiro atoms. The number of amides is 1. The largest absolute Gasteiger partial charge is 0.497 e. The number of carbonyl (C=O) groups is 3. The van der Waals surface area contributed by atoms with Crippen molar-refractivity contribution in [2.24, 2.45) is 0 Å². The number of esters is 1. The predicted molar refractivity (Wildman–Crippen MR) is 114 cm³/mol. The van der Waals surface area contributed by atoms with E-state index in [9.17, 15) is 14.4 Å². The normalized spacial score (nSPS) is 11.6. The molecule has 0 aliphatic rings. The van der Waals surface area contributed by atoms with Gasteiger partial charge >= 0.3 is 5.97 Å². The zero-order valence-corrected chi connectivity index (χ0v) is 17.7. The molecular formula is C24H29NO5. The van der Waals surface area contributed by atoms with E-state index < -0.39 is 6.04 Å². The van der Waals surface area contributed by atoms with Gasteiger partial charge in [0.05, 0.1) is 25.7 Å². The highest BCUT2D eigenvalue weighted by Gasteiger charge is 2.20. The van der Waals surface area contributed by atoms with Crippen LogP contribution in [0.25, 0.3) is 0 Å². The van der Waals surface area contributed by atoms with Gasteiger partial charge in [0.2, 0.25) is 5.91 Å². The predicted octanol–water partition coefficient (Wildman–Crippen LogP) is 4.25. The second kappa shape index (κ2) is 11.8. The van der Waals surface area contributed by atoms with E-state index in [2.05, 4.69) is 5.32 Å². The molecule has 1 amide bonds. The zero-order valence-electron chi connectivity index (χ0n) is 17.7. The Morgan fingerprint density at radius 3 is 2.20 bits per heavy atom. The highest BCUT2D eigenvalue weighted by molar-refractivity contribution is 5.96. The SMILES string of the molecule is COc1ccc(C(=O)CCCC(=O)NC(CC(=O)OC(C)C)c2ccccc2)cc1. The average Bonchev–Trinajstić information content (AvgIpc) is 2.73. The molecule has 0 bridgehead atoms. The average molecular weight is 411 g/mol. The minimum absolute atomic E-state index is 0.0226. The smallest absolute Gasteiger partial charge is 0.308 e. The van der Waals surface area contributed by atoms with Gasteiger partial charge in [-0.3, -0.25) is 14.4 Å². The minimum Gasteiger partial charge on any atom is -0.497 e. The van der Waals surface area contributed by atoms with Crippen molar-refractivity contribution in [3.8, 4) is 5.75 Å². The summed E-state index contributed by atoms with van der Waals surface area (Å²) < 4.78 is 10.3. The fourth-order valence-electron chi connectivity index (χ4n) is 3.01. The van der Waals surface area contributed by atoms with Crippen LogP contribution in [0.4, 0.5) is 0 Å². The van der Waals surface area contributed by atoms with E-state index in [-0.39, 0.29) is 43.0 Å². The molecule has 0 saturated heterocycles. The highest BCUT2D eigenvalue weighted by Crippen LogP contribution is 2.19. The number of benzene rings is 2. The van der Waals surface area contributed by atoms with Crippen molar-refractivity contribution in [3.63, 3.8) is 0 Å². The van der Waals surface area contributed by atoms with Crippen LogP contribution in [0.2, 0.25) is 0 Å². The van der Waals surface area contributed by atoms with Crippen LogP contribution in [0.3, 0.4) is 0 Å². The lowest BCUT2D eigenvalue weighted by molar-refractivity contribution is -0.148. The third kappa shape index (κ3) is 7.70. The van der Waals surface area contributed by atoms with Crippen molar-refractivity contribution in [2.45, 2.75) is 51.7 Å². The molecule has 0 heterocycles. The topological polar surface area (TPSA) is 81.7 Å². The van der Waals surface area contributed by atoms with Crippen LogP contribution in [0.5, 0.6) is 5.75 Å². The first-order valence-corrected chi connectivity index (χ1v) is 10.1. The second-order valence-corrected chi connectivity index (χ2v) is 7.28. The molecule has 0 aromatic heterocycles. The van der Waals surface area contributed by atoms with Gasteiger partial charge in [-0.15, -0.1) is 0 Å². The van der Waals surface area contributed by atoms with Crippen LogP contribution in [-0.4, -0.2) is 30.9 Å². The number of ketones is 1. The third-order valence-electron chi connectivity index (χ3n) is 4.49. The molecule has 0 fully saturated rings. The summed E-state index contributed by atoms with van der Waals surface area (Å²) in [6.45, 7) is 3.57. The summed E-state index contributed by atoms with van der Waals surface area (Å²) in [5.41, 5.74) is 1.43. The lowest BCUT2D eigenvalue weighted by Gasteiger charge is -2.19. The molecule has 2 aromatic carbocycles. The van der Waals surface area contributed by atoms with Gasteiger partial charge in [-0.05, 0) is 50.1 Å². The summed E-state index contributed by atoms with van der Waals surface area (Å²) in [5.74, 6) is 0.0945. The lowest BCUT2D eigenvalue weighted by atomic mass is 10.0. The molecule has 0 aliphatic heterocycles. The van der Waals surface area contributed by atoms with E-state index in [1.807, 2.05) is 30.3 Å². The van der Waals surface area contributed by atoms with Gasteiger partial charge in [0.1, 0.15) is 5.75 Å². The number of ether oxygens (including phenoxy) is 2. The molecule has 1 atom stereocenters. The first-order valence-electron chi connectivity index (χ1n) is 10.1. The van der Waals surface area contributed by atoms with Crippen molar-refractivity contribution in [3.05, 3.63) is 65.7 Å².